The highest BCUT2D eigenvalue weighted by atomic mass is 16.1. The van der Waals surface area contributed by atoms with Crippen LogP contribution in [0.2, 0.25) is 0 Å². The first-order valence-corrected chi connectivity index (χ1v) is 10.7. The molecule has 4 aromatic carbocycles. The summed E-state index contributed by atoms with van der Waals surface area (Å²) < 4.78 is 2.17. The lowest BCUT2D eigenvalue weighted by molar-refractivity contribution is 0.102. The molecule has 0 bridgehead atoms. The molecule has 4 heteroatoms. The molecule has 1 atom stereocenters. The van der Waals surface area contributed by atoms with Gasteiger partial charge in [-0.2, -0.15) is 0 Å². The fourth-order valence-corrected chi connectivity index (χ4v) is 4.79. The highest BCUT2D eigenvalue weighted by molar-refractivity contribution is 6.11. The number of hydrogen-bond donors (Lipinski definition) is 1. The van der Waals surface area contributed by atoms with E-state index in [-0.39, 0.29) is 11.8 Å². The summed E-state index contributed by atoms with van der Waals surface area (Å²) in [4.78, 5) is 18.7. The molecular formula is C28H21N3O. The van der Waals surface area contributed by atoms with Crippen LogP contribution in [0.25, 0.3) is 21.8 Å². The number of rotatable bonds is 3. The van der Waals surface area contributed by atoms with E-state index >= 15 is 0 Å². The van der Waals surface area contributed by atoms with Gasteiger partial charge in [-0.15, -0.1) is 0 Å². The normalized spacial score (nSPS) is 15.6. The lowest BCUT2D eigenvalue weighted by Gasteiger charge is -2.31. The van der Waals surface area contributed by atoms with Gasteiger partial charge in [0.05, 0.1) is 17.1 Å². The van der Waals surface area contributed by atoms with Crippen molar-refractivity contribution >= 4 is 33.5 Å². The van der Waals surface area contributed by atoms with Gasteiger partial charge in [0.2, 0.25) is 5.95 Å². The van der Waals surface area contributed by atoms with Crippen molar-refractivity contribution in [3.63, 3.8) is 0 Å². The van der Waals surface area contributed by atoms with Crippen LogP contribution in [-0.4, -0.2) is 15.3 Å². The first kappa shape index (κ1) is 18.6. The average molecular weight is 415 g/mol. The predicted octanol–water partition coefficient (Wildman–Crippen LogP) is 6.36. The molecule has 1 aliphatic heterocycles. The Hall–Kier alpha value is -4.18. The Balaban J connectivity index is 1.67. The number of ketones is 1. The van der Waals surface area contributed by atoms with Crippen LogP contribution in [0.3, 0.4) is 0 Å². The van der Waals surface area contributed by atoms with Gasteiger partial charge in [-0.05, 0) is 35.4 Å². The highest BCUT2D eigenvalue weighted by Gasteiger charge is 2.35. The van der Waals surface area contributed by atoms with E-state index in [1.165, 1.54) is 0 Å². The number of benzene rings is 4. The number of aromatic nitrogens is 2. The molecule has 0 amide bonds. The molecule has 1 N–H and O–H groups in total. The highest BCUT2D eigenvalue weighted by Crippen LogP contribution is 2.42. The van der Waals surface area contributed by atoms with Crippen LogP contribution in [0.5, 0.6) is 0 Å². The van der Waals surface area contributed by atoms with Gasteiger partial charge in [0, 0.05) is 16.8 Å². The number of hydrogen-bond acceptors (Lipinski definition) is 3. The summed E-state index contributed by atoms with van der Waals surface area (Å²) in [7, 11) is 0. The molecule has 154 valence electrons. The van der Waals surface area contributed by atoms with E-state index in [9.17, 15) is 4.79 Å². The minimum atomic E-state index is -0.294. The summed E-state index contributed by atoms with van der Waals surface area (Å²) >= 11 is 0. The van der Waals surface area contributed by atoms with Crippen LogP contribution in [0, 0.1) is 0 Å². The second kappa shape index (κ2) is 7.20. The average Bonchev–Trinajstić information content (AvgIpc) is 3.21. The van der Waals surface area contributed by atoms with Gasteiger partial charge in [0.15, 0.2) is 5.78 Å². The van der Waals surface area contributed by atoms with Crippen molar-refractivity contribution in [3.05, 3.63) is 119 Å². The lowest BCUT2D eigenvalue weighted by Crippen LogP contribution is -2.28. The molecule has 2 heterocycles. The Kier molecular flexibility index (Phi) is 4.18. The molecule has 0 saturated carbocycles. The first-order valence-electron chi connectivity index (χ1n) is 10.7. The van der Waals surface area contributed by atoms with Crippen LogP contribution in [-0.2, 0) is 0 Å². The third-order valence-electron chi connectivity index (χ3n) is 6.23. The number of para-hydroxylation sites is 2. The van der Waals surface area contributed by atoms with Gasteiger partial charge in [-0.1, -0.05) is 84.9 Å². The molecule has 6 rings (SSSR count). The van der Waals surface area contributed by atoms with E-state index in [1.54, 1.807) is 0 Å². The van der Waals surface area contributed by atoms with Crippen molar-refractivity contribution in [2.24, 2.45) is 0 Å². The molecule has 0 spiro atoms. The van der Waals surface area contributed by atoms with Gasteiger partial charge < -0.3 is 5.32 Å². The summed E-state index contributed by atoms with van der Waals surface area (Å²) in [6, 6.07) is 31.9. The number of nitrogens with one attached hydrogen (secondary N) is 1. The minimum absolute atomic E-state index is 0.0250. The van der Waals surface area contributed by atoms with Crippen LogP contribution in [0.4, 0.5) is 5.95 Å². The van der Waals surface area contributed by atoms with E-state index in [0.717, 1.165) is 44.6 Å². The summed E-state index contributed by atoms with van der Waals surface area (Å²) in [5.74, 6) is 0.781. The fraction of sp³-hybridized carbons (Fsp3) is 0.0714. The molecule has 4 nitrogen and oxygen atoms in total. The molecule has 5 aromatic rings. The van der Waals surface area contributed by atoms with Gasteiger partial charge in [-0.3, -0.25) is 9.36 Å². The van der Waals surface area contributed by atoms with E-state index in [4.69, 9.17) is 4.98 Å². The summed E-state index contributed by atoms with van der Waals surface area (Å²) in [5, 5.41) is 5.70. The van der Waals surface area contributed by atoms with Gasteiger partial charge >= 0.3 is 0 Å². The summed E-state index contributed by atoms with van der Waals surface area (Å²) in [6.07, 6.45) is 0. The SMILES string of the molecule is CC1=C(C(=O)c2ccccc2)C(c2cccc3ccccc23)n2c(nc3ccccc32)N1. The molecule has 1 unspecified atom stereocenters. The van der Waals surface area contributed by atoms with Gasteiger partial charge in [0.1, 0.15) is 0 Å². The molecule has 1 aromatic heterocycles. The van der Waals surface area contributed by atoms with E-state index < -0.39 is 0 Å². The zero-order valence-corrected chi connectivity index (χ0v) is 17.6. The van der Waals surface area contributed by atoms with Crippen LogP contribution in [0.15, 0.2) is 108 Å². The summed E-state index contributed by atoms with van der Waals surface area (Å²) in [5.41, 5.74) is 5.25. The fourth-order valence-electron chi connectivity index (χ4n) is 4.79. The smallest absolute Gasteiger partial charge is 0.209 e. The van der Waals surface area contributed by atoms with Crippen molar-refractivity contribution in [1.29, 1.82) is 0 Å². The zero-order valence-electron chi connectivity index (χ0n) is 17.6. The van der Waals surface area contributed by atoms with E-state index in [0.29, 0.717) is 5.56 Å². The van der Waals surface area contributed by atoms with Crippen molar-refractivity contribution in [2.75, 3.05) is 5.32 Å². The molecule has 1 aliphatic rings. The van der Waals surface area contributed by atoms with Gasteiger partial charge in [-0.25, -0.2) is 4.98 Å². The van der Waals surface area contributed by atoms with Crippen LogP contribution >= 0.6 is 0 Å². The maximum absolute atomic E-state index is 13.9. The summed E-state index contributed by atoms with van der Waals surface area (Å²) in [6.45, 7) is 1.97. The third-order valence-corrected chi connectivity index (χ3v) is 6.23. The molecule has 0 aliphatic carbocycles. The maximum Gasteiger partial charge on any atom is 0.209 e. The number of allylic oxidation sites excluding steroid dienone is 2. The Labute approximate surface area is 185 Å². The Morgan fingerprint density at radius 2 is 1.56 bits per heavy atom. The topological polar surface area (TPSA) is 46.9 Å². The van der Waals surface area contributed by atoms with Crippen LogP contribution < -0.4 is 5.32 Å². The second-order valence-electron chi connectivity index (χ2n) is 8.12. The van der Waals surface area contributed by atoms with E-state index in [1.807, 2.05) is 61.5 Å². The molecule has 0 fully saturated rings. The Bertz CT molecular complexity index is 1520. The Morgan fingerprint density at radius 1 is 0.844 bits per heavy atom. The molecular weight excluding hydrogens is 394 g/mol. The number of fused-ring (bicyclic) bond motifs is 4. The number of Topliss-reactive ketones (excluding diaryl/α,β-unsaturated/α-hetero) is 1. The van der Waals surface area contributed by atoms with Crippen molar-refractivity contribution in [1.82, 2.24) is 9.55 Å². The molecule has 0 radical (unpaired) electrons. The van der Waals surface area contributed by atoms with Crippen molar-refractivity contribution < 1.29 is 4.79 Å². The molecule has 32 heavy (non-hydrogen) atoms. The van der Waals surface area contributed by atoms with E-state index in [2.05, 4.69) is 52.3 Å². The number of anilines is 1. The zero-order chi connectivity index (χ0) is 21.7. The van der Waals surface area contributed by atoms with Crippen LogP contribution in [0.1, 0.15) is 28.9 Å². The second-order valence-corrected chi connectivity index (χ2v) is 8.12. The van der Waals surface area contributed by atoms with Crippen molar-refractivity contribution in [2.45, 2.75) is 13.0 Å². The maximum atomic E-state index is 13.9. The Morgan fingerprint density at radius 3 is 2.44 bits per heavy atom. The minimum Gasteiger partial charge on any atom is -0.329 e. The quantitative estimate of drug-likeness (QED) is 0.349. The molecule has 0 saturated heterocycles. The standard InChI is InChI=1S/C28H21N3O/c1-18-25(27(32)20-11-3-2-4-12-20)26(22-15-9-13-19-10-5-6-14-21(19)22)31-24-17-8-7-16-23(24)30-28(31)29-18/h2-17,26H,1H3,(H,29,30). The number of carbonyl (C=O) groups excluding carboxylic acids is 1. The number of nitrogens with zero attached hydrogens (tertiary/aromatic N) is 2. The third kappa shape index (κ3) is 2.77. The monoisotopic (exact) mass is 415 g/mol. The number of imidazole rings is 1. The van der Waals surface area contributed by atoms with Gasteiger partial charge in [0.25, 0.3) is 0 Å². The lowest BCUT2D eigenvalue weighted by atomic mass is 9.87. The van der Waals surface area contributed by atoms with Crippen molar-refractivity contribution in [3.8, 4) is 0 Å². The predicted molar refractivity (Wildman–Crippen MR) is 129 cm³/mol. The largest absolute Gasteiger partial charge is 0.329 e. The number of carbonyl (C=O) groups is 1. The first-order chi connectivity index (χ1) is 15.7.